The van der Waals surface area contributed by atoms with Crippen LogP contribution >= 0.6 is 0 Å². The van der Waals surface area contributed by atoms with Gasteiger partial charge in [-0.2, -0.15) is 0 Å². The van der Waals surface area contributed by atoms with Crippen molar-refractivity contribution in [2.75, 3.05) is 0 Å². The zero-order valence-electron chi connectivity index (χ0n) is 13.3. The van der Waals surface area contributed by atoms with Gasteiger partial charge in [0.2, 0.25) is 0 Å². The van der Waals surface area contributed by atoms with Crippen molar-refractivity contribution >= 4 is 21.8 Å². The molecule has 0 atom stereocenters. The van der Waals surface area contributed by atoms with Crippen molar-refractivity contribution in [2.45, 2.75) is 45.6 Å². The Morgan fingerprint density at radius 3 is 1.91 bits per heavy atom. The number of unbranched alkanes of at least 4 members (excludes halogenated alkanes) is 4. The molecule has 0 spiro atoms. The van der Waals surface area contributed by atoms with Crippen molar-refractivity contribution < 1.29 is 0 Å². The molecule has 2 nitrogen and oxygen atoms in total. The smallest absolute Gasteiger partial charge is 0.0726 e. The number of hydrogen-bond acceptors (Lipinski definition) is 1. The normalized spacial score (nSPS) is 11.3. The lowest BCUT2D eigenvalue weighted by Crippen LogP contribution is -2.11. The summed E-state index contributed by atoms with van der Waals surface area (Å²) in [6.07, 6.45) is 6.43. The quantitative estimate of drug-likeness (QED) is 0.475. The molecule has 2 aromatic carbocycles. The number of pyridine rings is 1. The van der Waals surface area contributed by atoms with E-state index in [9.17, 15) is 0 Å². The van der Waals surface area contributed by atoms with Gasteiger partial charge in [-0.25, -0.2) is 0 Å². The van der Waals surface area contributed by atoms with Crippen LogP contribution in [0.4, 0.5) is 0 Å². The first kappa shape index (κ1) is 14.8. The van der Waals surface area contributed by atoms with Gasteiger partial charge in [0, 0.05) is 17.3 Å². The molecule has 0 aliphatic carbocycles. The third-order valence-electron chi connectivity index (χ3n) is 4.41. The lowest BCUT2D eigenvalue weighted by molar-refractivity contribution is 0.583. The molecule has 0 unspecified atom stereocenters. The van der Waals surface area contributed by atoms with Gasteiger partial charge >= 0.3 is 0 Å². The van der Waals surface area contributed by atoms with E-state index in [1.165, 1.54) is 43.1 Å². The molecule has 1 N–H and O–H groups in total. The predicted octanol–water partition coefficient (Wildman–Crippen LogP) is 5.24. The lowest BCUT2D eigenvalue weighted by atomic mass is 10.1. The summed E-state index contributed by atoms with van der Waals surface area (Å²) >= 11 is 0. The molecule has 0 bridgehead atoms. The summed E-state index contributed by atoms with van der Waals surface area (Å²) in [7, 11) is 0. The second-order valence-corrected chi connectivity index (χ2v) is 5.98. The largest absolute Gasteiger partial charge is 0.340 e. The fourth-order valence-corrected chi connectivity index (χ4v) is 3.23. The van der Waals surface area contributed by atoms with Gasteiger partial charge in [0.1, 0.15) is 0 Å². The first-order valence-corrected chi connectivity index (χ1v) is 8.38. The van der Waals surface area contributed by atoms with Gasteiger partial charge in [-0.3, -0.25) is 5.41 Å². The van der Waals surface area contributed by atoms with Crippen molar-refractivity contribution in [1.29, 1.82) is 5.41 Å². The van der Waals surface area contributed by atoms with E-state index in [2.05, 4.69) is 47.9 Å². The van der Waals surface area contributed by atoms with E-state index in [0.717, 1.165) is 17.3 Å². The first-order chi connectivity index (χ1) is 10.8. The van der Waals surface area contributed by atoms with E-state index in [1.807, 2.05) is 12.1 Å². The monoisotopic (exact) mass is 292 g/mol. The van der Waals surface area contributed by atoms with Crippen LogP contribution in [0.5, 0.6) is 0 Å². The van der Waals surface area contributed by atoms with Crippen LogP contribution in [0.15, 0.2) is 48.5 Å². The van der Waals surface area contributed by atoms with Crippen molar-refractivity contribution in [3.8, 4) is 0 Å². The molecule has 0 aliphatic rings. The Morgan fingerprint density at radius 1 is 0.773 bits per heavy atom. The van der Waals surface area contributed by atoms with Gasteiger partial charge in [0.25, 0.3) is 0 Å². The Hall–Kier alpha value is -2.09. The van der Waals surface area contributed by atoms with Crippen molar-refractivity contribution in [1.82, 2.24) is 4.57 Å². The minimum absolute atomic E-state index is 0.647. The molecule has 0 fully saturated rings. The topological polar surface area (TPSA) is 28.8 Å². The second kappa shape index (κ2) is 6.78. The maximum absolute atomic E-state index is 8.48. The van der Waals surface area contributed by atoms with Crippen LogP contribution in [0.25, 0.3) is 21.8 Å². The van der Waals surface area contributed by atoms with Crippen molar-refractivity contribution in [2.24, 2.45) is 0 Å². The molecule has 114 valence electrons. The van der Waals surface area contributed by atoms with Crippen LogP contribution in [0, 0.1) is 5.41 Å². The van der Waals surface area contributed by atoms with E-state index in [4.69, 9.17) is 5.41 Å². The summed E-state index contributed by atoms with van der Waals surface area (Å²) < 4.78 is 2.40. The highest BCUT2D eigenvalue weighted by Gasteiger charge is 2.07. The average molecular weight is 292 g/mol. The van der Waals surface area contributed by atoms with Crippen LogP contribution in [0.1, 0.15) is 39.0 Å². The molecular weight excluding hydrogens is 268 g/mol. The van der Waals surface area contributed by atoms with Crippen LogP contribution in [0.3, 0.4) is 0 Å². The fourth-order valence-electron chi connectivity index (χ4n) is 3.23. The Bertz CT molecular complexity index is 770. The molecule has 0 radical (unpaired) electrons. The average Bonchev–Trinajstić information content (AvgIpc) is 2.57. The first-order valence-electron chi connectivity index (χ1n) is 8.38. The van der Waals surface area contributed by atoms with Gasteiger partial charge in [-0.15, -0.1) is 0 Å². The number of aromatic nitrogens is 1. The molecule has 0 saturated heterocycles. The minimum Gasteiger partial charge on any atom is -0.340 e. The van der Waals surface area contributed by atoms with E-state index in [-0.39, 0.29) is 0 Å². The maximum atomic E-state index is 8.48. The predicted molar refractivity (Wildman–Crippen MR) is 94.1 cm³/mol. The lowest BCUT2D eigenvalue weighted by Gasteiger charge is -2.16. The van der Waals surface area contributed by atoms with Crippen LogP contribution in [-0.4, -0.2) is 4.57 Å². The summed E-state index contributed by atoms with van der Waals surface area (Å²) in [6, 6.07) is 16.6. The van der Waals surface area contributed by atoms with E-state index >= 15 is 0 Å². The molecule has 1 heterocycles. The van der Waals surface area contributed by atoms with Gasteiger partial charge in [-0.05, 0) is 18.6 Å². The number of nitrogens with one attached hydrogen (secondary N) is 1. The summed E-state index contributed by atoms with van der Waals surface area (Å²) in [4.78, 5) is 0. The van der Waals surface area contributed by atoms with E-state index in [1.54, 1.807) is 0 Å². The SMILES string of the molecule is CCCCCCCn1c2ccccc2c(=N)c2ccccc21. The van der Waals surface area contributed by atoms with Crippen molar-refractivity contribution in [3.05, 3.63) is 53.9 Å². The maximum Gasteiger partial charge on any atom is 0.0726 e. The third kappa shape index (κ3) is 2.78. The number of hydrogen-bond donors (Lipinski definition) is 1. The fraction of sp³-hybridized carbons (Fsp3) is 0.350. The Balaban J connectivity index is 2.05. The molecule has 0 aliphatic heterocycles. The van der Waals surface area contributed by atoms with Crippen molar-refractivity contribution in [3.63, 3.8) is 0 Å². The zero-order chi connectivity index (χ0) is 15.4. The molecule has 3 aromatic rings. The molecule has 3 rings (SSSR count). The zero-order valence-corrected chi connectivity index (χ0v) is 13.3. The van der Waals surface area contributed by atoms with E-state index in [0.29, 0.717) is 5.36 Å². The third-order valence-corrected chi connectivity index (χ3v) is 4.41. The Morgan fingerprint density at radius 2 is 1.32 bits per heavy atom. The number of nitrogens with zero attached hydrogens (tertiary/aromatic N) is 1. The van der Waals surface area contributed by atoms with Gasteiger partial charge in [0.15, 0.2) is 0 Å². The summed E-state index contributed by atoms with van der Waals surface area (Å²) in [5, 5.41) is 11.2. The number of fused-ring (bicyclic) bond motifs is 2. The van der Waals surface area contributed by atoms with Crippen LogP contribution < -0.4 is 5.36 Å². The molecular formula is C20H24N2. The summed E-state index contributed by atoms with van der Waals surface area (Å²) in [5.74, 6) is 0. The highest BCUT2D eigenvalue weighted by atomic mass is 15.0. The standard InChI is InChI=1S/C20H24N2/c1-2-3-4-5-10-15-22-18-13-8-6-11-16(18)20(21)17-12-7-9-14-19(17)22/h6-9,11-14,21H,2-5,10,15H2,1H3. The molecule has 0 amide bonds. The minimum atomic E-state index is 0.647. The summed E-state index contributed by atoms with van der Waals surface area (Å²) in [6.45, 7) is 3.29. The molecule has 2 heteroatoms. The summed E-state index contributed by atoms with van der Waals surface area (Å²) in [5.41, 5.74) is 2.36. The molecule has 22 heavy (non-hydrogen) atoms. The van der Waals surface area contributed by atoms with Crippen LogP contribution in [0.2, 0.25) is 0 Å². The number of benzene rings is 2. The second-order valence-electron chi connectivity index (χ2n) is 5.98. The highest BCUT2D eigenvalue weighted by molar-refractivity contribution is 5.92. The van der Waals surface area contributed by atoms with Gasteiger partial charge in [-0.1, -0.05) is 69.0 Å². The van der Waals surface area contributed by atoms with E-state index < -0.39 is 0 Å². The van der Waals surface area contributed by atoms with Gasteiger partial charge in [0.05, 0.1) is 16.4 Å². The van der Waals surface area contributed by atoms with Crippen LogP contribution in [-0.2, 0) is 6.54 Å². The molecule has 1 aromatic heterocycles. The Kier molecular flexibility index (Phi) is 4.57. The van der Waals surface area contributed by atoms with Gasteiger partial charge < -0.3 is 4.57 Å². The highest BCUT2D eigenvalue weighted by Crippen LogP contribution is 2.20. The number of para-hydroxylation sites is 2. The molecule has 0 saturated carbocycles. The number of aryl methyl sites for hydroxylation is 1. The Labute approximate surface area is 131 Å². The number of rotatable bonds is 6.